The van der Waals surface area contributed by atoms with Gasteiger partial charge in [-0.15, -0.1) is 0 Å². The third kappa shape index (κ3) is 0.939. The molecule has 2 aliphatic carbocycles. The number of rotatable bonds is 0. The Kier molecular flexibility index (Phi) is 1.47. The Bertz CT molecular complexity index is 224. The summed E-state index contributed by atoms with van der Waals surface area (Å²) in [7, 11) is 0. The zero-order chi connectivity index (χ0) is 8.40. The third-order valence-corrected chi connectivity index (χ3v) is 5.72. The van der Waals surface area contributed by atoms with E-state index in [-0.39, 0.29) is 0 Å². The van der Waals surface area contributed by atoms with E-state index in [9.17, 15) is 0 Å². The van der Waals surface area contributed by atoms with Crippen LogP contribution in [0, 0.1) is 11.3 Å². The molecule has 3 rings (SSSR count). The highest BCUT2D eigenvalue weighted by Crippen LogP contribution is 2.63. The van der Waals surface area contributed by atoms with Crippen LogP contribution in [0.1, 0.15) is 39.0 Å². The zero-order valence-electron chi connectivity index (χ0n) is 7.65. The van der Waals surface area contributed by atoms with Crippen molar-refractivity contribution in [3.63, 3.8) is 0 Å². The van der Waals surface area contributed by atoms with Crippen molar-refractivity contribution in [3.8, 4) is 0 Å². The SMILES string of the molecule is CC1CC12CCC1(CC1)CN2I. The first-order valence-electron chi connectivity index (χ1n) is 5.10. The van der Waals surface area contributed by atoms with Crippen molar-refractivity contribution in [2.24, 2.45) is 11.3 Å². The van der Waals surface area contributed by atoms with Crippen molar-refractivity contribution in [2.45, 2.75) is 44.6 Å². The molecule has 2 saturated carbocycles. The summed E-state index contributed by atoms with van der Waals surface area (Å²) >= 11 is 2.58. The number of nitrogens with zero attached hydrogens (tertiary/aromatic N) is 1. The van der Waals surface area contributed by atoms with Gasteiger partial charge in [-0.3, -0.25) is 0 Å². The molecule has 12 heavy (non-hydrogen) atoms. The normalized spacial score (nSPS) is 50.0. The molecular weight excluding hydrogens is 261 g/mol. The van der Waals surface area contributed by atoms with Crippen LogP contribution < -0.4 is 0 Å². The molecule has 2 spiro atoms. The van der Waals surface area contributed by atoms with Gasteiger partial charge >= 0.3 is 0 Å². The standard InChI is InChI=1S/C10H16IN/c1-8-6-10(8)5-4-9(2-3-9)7-12(10)11/h8H,2-7H2,1H3. The highest BCUT2D eigenvalue weighted by Gasteiger charge is 2.61. The molecule has 0 amide bonds. The highest BCUT2D eigenvalue weighted by molar-refractivity contribution is 14.1. The molecule has 0 aromatic rings. The molecule has 1 saturated heterocycles. The second kappa shape index (κ2) is 2.19. The Balaban J connectivity index is 1.77. The Hall–Kier alpha value is 0.690. The fraction of sp³-hybridized carbons (Fsp3) is 1.00. The van der Waals surface area contributed by atoms with Crippen molar-refractivity contribution >= 4 is 22.9 Å². The van der Waals surface area contributed by atoms with Gasteiger partial charge in [-0.1, -0.05) is 6.92 Å². The smallest absolute Gasteiger partial charge is 0.0335 e. The molecule has 0 N–H and O–H groups in total. The van der Waals surface area contributed by atoms with Gasteiger partial charge in [0.25, 0.3) is 0 Å². The van der Waals surface area contributed by atoms with E-state index in [4.69, 9.17) is 0 Å². The van der Waals surface area contributed by atoms with Crippen LogP contribution in [-0.4, -0.2) is 15.2 Å². The second-order valence-corrected chi connectivity index (χ2v) is 6.39. The van der Waals surface area contributed by atoms with Gasteiger partial charge in [0.1, 0.15) is 0 Å². The van der Waals surface area contributed by atoms with E-state index >= 15 is 0 Å². The van der Waals surface area contributed by atoms with Gasteiger partial charge in [-0.05, 0) is 43.4 Å². The molecule has 0 radical (unpaired) electrons. The summed E-state index contributed by atoms with van der Waals surface area (Å²) in [5.41, 5.74) is 1.46. The van der Waals surface area contributed by atoms with Gasteiger partial charge in [-0.2, -0.15) is 0 Å². The number of halogens is 1. The molecule has 2 heteroatoms. The molecule has 0 bridgehead atoms. The molecule has 1 nitrogen and oxygen atoms in total. The largest absolute Gasteiger partial charge is 0.241 e. The highest BCUT2D eigenvalue weighted by atomic mass is 127. The molecule has 1 heterocycles. The topological polar surface area (TPSA) is 3.24 Å². The van der Waals surface area contributed by atoms with Crippen molar-refractivity contribution in [1.82, 2.24) is 3.11 Å². The molecule has 0 aromatic carbocycles. The molecule has 2 unspecified atom stereocenters. The first kappa shape index (κ1) is 8.04. The molecule has 0 aromatic heterocycles. The van der Waals surface area contributed by atoms with E-state index in [1.807, 2.05) is 0 Å². The fourth-order valence-corrected chi connectivity index (χ4v) is 4.51. The van der Waals surface area contributed by atoms with Crippen LogP contribution >= 0.6 is 22.9 Å². The van der Waals surface area contributed by atoms with E-state index in [1.165, 1.54) is 38.6 Å². The average molecular weight is 277 g/mol. The molecule has 3 fully saturated rings. The molecule has 68 valence electrons. The summed E-state index contributed by atoms with van der Waals surface area (Å²) in [5.74, 6) is 0.977. The summed E-state index contributed by atoms with van der Waals surface area (Å²) in [5, 5.41) is 0. The summed E-state index contributed by atoms with van der Waals surface area (Å²) < 4.78 is 2.64. The monoisotopic (exact) mass is 277 g/mol. The average Bonchev–Trinajstić information content (AvgIpc) is 2.87. The lowest BCUT2D eigenvalue weighted by molar-refractivity contribution is 0.186. The predicted octanol–water partition coefficient (Wildman–Crippen LogP) is 2.99. The van der Waals surface area contributed by atoms with Gasteiger partial charge in [0.2, 0.25) is 0 Å². The number of hydrogen-bond donors (Lipinski definition) is 0. The zero-order valence-corrected chi connectivity index (χ0v) is 9.80. The van der Waals surface area contributed by atoms with Gasteiger partial charge in [-0.25, -0.2) is 3.11 Å². The molecule has 2 atom stereocenters. The van der Waals surface area contributed by atoms with Crippen LogP contribution in [-0.2, 0) is 0 Å². The maximum absolute atomic E-state index is 2.64. The van der Waals surface area contributed by atoms with Crippen molar-refractivity contribution < 1.29 is 0 Å². The summed E-state index contributed by atoms with van der Waals surface area (Å²) in [4.78, 5) is 0. The van der Waals surface area contributed by atoms with E-state index in [1.54, 1.807) is 0 Å². The Morgan fingerprint density at radius 1 is 1.25 bits per heavy atom. The van der Waals surface area contributed by atoms with Crippen LogP contribution in [0.2, 0.25) is 0 Å². The van der Waals surface area contributed by atoms with Crippen molar-refractivity contribution in [3.05, 3.63) is 0 Å². The lowest BCUT2D eigenvalue weighted by atomic mass is 9.90. The Labute approximate surface area is 88.4 Å². The third-order valence-electron chi connectivity index (χ3n) is 4.42. The molecular formula is C10H16IN. The van der Waals surface area contributed by atoms with Crippen LogP contribution in [0.5, 0.6) is 0 Å². The lowest BCUT2D eigenvalue weighted by Crippen LogP contribution is -2.40. The summed E-state index contributed by atoms with van der Waals surface area (Å²) in [6.07, 6.45) is 7.49. The van der Waals surface area contributed by atoms with Crippen LogP contribution in [0.3, 0.4) is 0 Å². The molecule has 3 aliphatic rings. The van der Waals surface area contributed by atoms with Gasteiger partial charge in [0, 0.05) is 34.9 Å². The first-order valence-corrected chi connectivity index (χ1v) is 6.07. The molecule has 1 aliphatic heterocycles. The minimum Gasteiger partial charge on any atom is -0.241 e. The Morgan fingerprint density at radius 3 is 2.25 bits per heavy atom. The number of piperidine rings is 1. The predicted molar refractivity (Wildman–Crippen MR) is 58.1 cm³/mol. The van der Waals surface area contributed by atoms with Crippen LogP contribution in [0.4, 0.5) is 0 Å². The van der Waals surface area contributed by atoms with E-state index in [2.05, 4.69) is 32.9 Å². The van der Waals surface area contributed by atoms with E-state index in [0.717, 1.165) is 11.3 Å². The fourth-order valence-electron chi connectivity index (χ4n) is 2.88. The Morgan fingerprint density at radius 2 is 1.83 bits per heavy atom. The van der Waals surface area contributed by atoms with E-state index in [0.29, 0.717) is 5.54 Å². The quantitative estimate of drug-likeness (QED) is 0.486. The van der Waals surface area contributed by atoms with Gasteiger partial charge < -0.3 is 0 Å². The van der Waals surface area contributed by atoms with E-state index < -0.39 is 0 Å². The maximum atomic E-state index is 2.64. The minimum absolute atomic E-state index is 0.661. The second-order valence-electron chi connectivity index (χ2n) is 5.23. The van der Waals surface area contributed by atoms with Crippen LogP contribution in [0.15, 0.2) is 0 Å². The lowest BCUT2D eigenvalue weighted by Gasteiger charge is -2.37. The van der Waals surface area contributed by atoms with Gasteiger partial charge in [0.15, 0.2) is 0 Å². The first-order chi connectivity index (χ1) is 5.67. The van der Waals surface area contributed by atoms with Crippen LogP contribution in [0.25, 0.3) is 0 Å². The summed E-state index contributed by atoms with van der Waals surface area (Å²) in [6.45, 7) is 3.80. The minimum atomic E-state index is 0.661. The number of hydrogen-bond acceptors (Lipinski definition) is 1. The van der Waals surface area contributed by atoms with Crippen molar-refractivity contribution in [1.29, 1.82) is 0 Å². The van der Waals surface area contributed by atoms with Gasteiger partial charge in [0.05, 0.1) is 0 Å². The summed E-state index contributed by atoms with van der Waals surface area (Å²) in [6, 6.07) is 0. The maximum Gasteiger partial charge on any atom is 0.0335 e. The van der Waals surface area contributed by atoms with Crippen molar-refractivity contribution in [2.75, 3.05) is 6.54 Å².